The van der Waals surface area contributed by atoms with Gasteiger partial charge in [0.25, 0.3) is 5.56 Å². The van der Waals surface area contributed by atoms with Crippen LogP contribution in [-0.2, 0) is 0 Å². The van der Waals surface area contributed by atoms with E-state index in [9.17, 15) is 4.79 Å². The van der Waals surface area contributed by atoms with Crippen molar-refractivity contribution in [2.75, 3.05) is 5.32 Å². The summed E-state index contributed by atoms with van der Waals surface area (Å²) in [5, 5.41) is 7.64. The van der Waals surface area contributed by atoms with Crippen LogP contribution in [0.3, 0.4) is 0 Å². The molecule has 1 atom stereocenters. The largest absolute Gasteiger partial charge is 0.364 e. The number of benzene rings is 1. The number of pyridine rings is 1. The first-order valence-corrected chi connectivity index (χ1v) is 9.42. The van der Waals surface area contributed by atoms with Gasteiger partial charge >= 0.3 is 0 Å². The molecule has 3 aromatic heterocycles. The number of hydrogen-bond acceptors (Lipinski definition) is 5. The zero-order chi connectivity index (χ0) is 20.4. The molecular formula is C22H22N6O. The van der Waals surface area contributed by atoms with Gasteiger partial charge in [0.1, 0.15) is 11.6 Å². The third-order valence-corrected chi connectivity index (χ3v) is 4.96. The van der Waals surface area contributed by atoms with Crippen LogP contribution in [0.4, 0.5) is 5.82 Å². The summed E-state index contributed by atoms with van der Waals surface area (Å²) in [6.07, 6.45) is 5.39. The lowest BCUT2D eigenvalue weighted by molar-refractivity contribution is 0.859. The first-order chi connectivity index (χ1) is 14.0. The van der Waals surface area contributed by atoms with Crippen LogP contribution >= 0.6 is 0 Å². The number of hydrogen-bond donors (Lipinski definition) is 2. The van der Waals surface area contributed by atoms with Gasteiger partial charge in [-0.15, -0.1) is 0 Å². The van der Waals surface area contributed by atoms with Crippen molar-refractivity contribution in [3.63, 3.8) is 0 Å². The Bertz CT molecular complexity index is 1160. The summed E-state index contributed by atoms with van der Waals surface area (Å²) < 4.78 is 1.83. The fourth-order valence-electron chi connectivity index (χ4n) is 3.04. The van der Waals surface area contributed by atoms with Crippen molar-refractivity contribution in [2.45, 2.75) is 26.8 Å². The highest BCUT2D eigenvalue weighted by atomic mass is 16.1. The molecule has 7 nitrogen and oxygen atoms in total. The van der Waals surface area contributed by atoms with Crippen molar-refractivity contribution in [1.82, 2.24) is 24.7 Å². The highest BCUT2D eigenvalue weighted by Gasteiger charge is 2.09. The highest BCUT2D eigenvalue weighted by molar-refractivity contribution is 5.56. The first kappa shape index (κ1) is 18.6. The van der Waals surface area contributed by atoms with Crippen LogP contribution in [0.25, 0.3) is 17.1 Å². The van der Waals surface area contributed by atoms with Gasteiger partial charge in [0, 0.05) is 41.5 Å². The van der Waals surface area contributed by atoms with Gasteiger partial charge in [0.05, 0.1) is 5.69 Å². The molecule has 0 amide bonds. The summed E-state index contributed by atoms with van der Waals surface area (Å²) in [6.45, 7) is 5.68. The number of aromatic amines is 1. The third kappa shape index (κ3) is 3.94. The minimum absolute atomic E-state index is 0.0829. The smallest absolute Gasteiger partial charge is 0.254 e. The van der Waals surface area contributed by atoms with Gasteiger partial charge in [-0.05, 0) is 56.7 Å². The van der Waals surface area contributed by atoms with Crippen LogP contribution in [-0.4, -0.2) is 24.7 Å². The van der Waals surface area contributed by atoms with Crippen LogP contribution in [0.1, 0.15) is 29.8 Å². The quantitative estimate of drug-likeness (QED) is 0.544. The molecular weight excluding hydrogens is 364 g/mol. The second kappa shape index (κ2) is 7.71. The Morgan fingerprint density at radius 3 is 2.52 bits per heavy atom. The normalized spacial score (nSPS) is 12.0. The molecule has 0 bridgehead atoms. The molecule has 146 valence electrons. The van der Waals surface area contributed by atoms with Crippen LogP contribution in [0, 0.1) is 13.8 Å². The van der Waals surface area contributed by atoms with Crippen LogP contribution < -0.4 is 10.9 Å². The number of anilines is 1. The second-order valence-electron chi connectivity index (χ2n) is 6.97. The molecule has 0 saturated carbocycles. The molecule has 0 aliphatic rings. The van der Waals surface area contributed by atoms with E-state index in [0.717, 1.165) is 28.3 Å². The number of aryl methyl sites for hydroxylation is 1. The molecule has 1 aromatic carbocycles. The van der Waals surface area contributed by atoms with E-state index in [1.165, 1.54) is 0 Å². The van der Waals surface area contributed by atoms with Crippen molar-refractivity contribution >= 4 is 5.82 Å². The molecule has 0 spiro atoms. The summed E-state index contributed by atoms with van der Waals surface area (Å²) >= 11 is 0. The number of nitrogens with one attached hydrogen (secondary N) is 2. The number of rotatable bonds is 5. The third-order valence-electron chi connectivity index (χ3n) is 4.96. The van der Waals surface area contributed by atoms with E-state index < -0.39 is 0 Å². The topological polar surface area (TPSA) is 88.5 Å². The van der Waals surface area contributed by atoms with Crippen molar-refractivity contribution in [3.8, 4) is 17.1 Å². The van der Waals surface area contributed by atoms with Gasteiger partial charge in [-0.2, -0.15) is 5.10 Å². The van der Waals surface area contributed by atoms with E-state index in [0.29, 0.717) is 11.4 Å². The van der Waals surface area contributed by atoms with Gasteiger partial charge in [-0.1, -0.05) is 12.1 Å². The molecule has 4 rings (SSSR count). The van der Waals surface area contributed by atoms with E-state index in [4.69, 9.17) is 0 Å². The summed E-state index contributed by atoms with van der Waals surface area (Å²) in [5.74, 6) is 1.28. The van der Waals surface area contributed by atoms with E-state index in [2.05, 4.69) is 44.4 Å². The van der Waals surface area contributed by atoms with Crippen LogP contribution in [0.5, 0.6) is 0 Å². The lowest BCUT2D eigenvalue weighted by Crippen LogP contribution is -2.14. The predicted octanol–water partition coefficient (Wildman–Crippen LogP) is 3.81. The number of nitrogens with zero attached hydrogens (tertiary/aromatic N) is 4. The number of H-pyrrole nitrogens is 1. The van der Waals surface area contributed by atoms with Gasteiger partial charge in [-0.25, -0.2) is 14.6 Å². The number of aromatic nitrogens is 5. The molecule has 0 radical (unpaired) electrons. The van der Waals surface area contributed by atoms with Crippen molar-refractivity contribution < 1.29 is 0 Å². The molecule has 0 aliphatic heterocycles. The first-order valence-electron chi connectivity index (χ1n) is 9.42. The average Bonchev–Trinajstić information content (AvgIpc) is 3.27. The minimum Gasteiger partial charge on any atom is -0.364 e. The Kier molecular flexibility index (Phi) is 4.95. The van der Waals surface area contributed by atoms with Gasteiger partial charge < -0.3 is 10.3 Å². The standard InChI is InChI=1S/C22H22N6O/c1-14-15(2)26-21(27-22(14)29)18-7-10-20(23-13-18)25-16(3)17-5-8-19(9-6-17)28-12-4-11-24-28/h4-13,16H,1-3H3,(H,23,25)(H,26,27,29). The summed E-state index contributed by atoms with van der Waals surface area (Å²) in [7, 11) is 0. The molecule has 1 unspecified atom stereocenters. The summed E-state index contributed by atoms with van der Waals surface area (Å²) in [4.78, 5) is 23.7. The van der Waals surface area contributed by atoms with E-state index in [1.807, 2.05) is 48.1 Å². The van der Waals surface area contributed by atoms with Crippen molar-refractivity contribution in [2.24, 2.45) is 0 Å². The zero-order valence-electron chi connectivity index (χ0n) is 16.5. The van der Waals surface area contributed by atoms with E-state index in [-0.39, 0.29) is 11.6 Å². The SMILES string of the molecule is Cc1nc(-c2ccc(NC(C)c3ccc(-n4cccn4)cc3)nc2)[nH]c(=O)c1C. The molecule has 4 aromatic rings. The van der Waals surface area contributed by atoms with E-state index in [1.54, 1.807) is 19.3 Å². The zero-order valence-corrected chi connectivity index (χ0v) is 16.5. The molecule has 29 heavy (non-hydrogen) atoms. The van der Waals surface area contributed by atoms with Gasteiger partial charge in [0.2, 0.25) is 0 Å². The predicted molar refractivity (Wildman–Crippen MR) is 113 cm³/mol. The Morgan fingerprint density at radius 1 is 1.10 bits per heavy atom. The molecule has 0 saturated heterocycles. The van der Waals surface area contributed by atoms with Gasteiger partial charge in [-0.3, -0.25) is 4.79 Å². The van der Waals surface area contributed by atoms with Gasteiger partial charge in [0.15, 0.2) is 0 Å². The maximum Gasteiger partial charge on any atom is 0.254 e. The average molecular weight is 386 g/mol. The fraction of sp³-hybridized carbons (Fsp3) is 0.182. The Labute approximate surface area is 168 Å². The summed E-state index contributed by atoms with van der Waals surface area (Å²) in [6, 6.07) is 14.0. The lowest BCUT2D eigenvalue weighted by Gasteiger charge is -2.16. The maximum atomic E-state index is 12.0. The maximum absolute atomic E-state index is 12.0. The minimum atomic E-state index is -0.123. The second-order valence-corrected chi connectivity index (χ2v) is 6.97. The molecule has 2 N–H and O–H groups in total. The molecule has 0 aliphatic carbocycles. The summed E-state index contributed by atoms with van der Waals surface area (Å²) in [5.41, 5.74) is 4.16. The van der Waals surface area contributed by atoms with Crippen LogP contribution in [0.15, 0.2) is 65.8 Å². The van der Waals surface area contributed by atoms with Crippen molar-refractivity contribution in [1.29, 1.82) is 0 Å². The Morgan fingerprint density at radius 2 is 1.90 bits per heavy atom. The monoisotopic (exact) mass is 386 g/mol. The lowest BCUT2D eigenvalue weighted by atomic mass is 10.1. The van der Waals surface area contributed by atoms with Crippen LogP contribution in [0.2, 0.25) is 0 Å². The molecule has 3 heterocycles. The Balaban J connectivity index is 1.48. The molecule has 0 fully saturated rings. The Hall–Kier alpha value is -3.74. The molecule has 7 heteroatoms. The highest BCUT2D eigenvalue weighted by Crippen LogP contribution is 2.21. The van der Waals surface area contributed by atoms with E-state index >= 15 is 0 Å². The fourth-order valence-corrected chi connectivity index (χ4v) is 3.04. The van der Waals surface area contributed by atoms with Crippen molar-refractivity contribution in [3.05, 3.63) is 88.2 Å².